The molecule has 162 valence electrons. The lowest BCUT2D eigenvalue weighted by Gasteiger charge is -2.12. The highest BCUT2D eigenvalue weighted by atomic mass is 32.2. The molecule has 0 saturated heterocycles. The van der Waals surface area contributed by atoms with Gasteiger partial charge in [0.25, 0.3) is 0 Å². The molecule has 0 spiro atoms. The Labute approximate surface area is 178 Å². The number of hydrogen-bond donors (Lipinski definition) is 2. The van der Waals surface area contributed by atoms with Crippen LogP contribution in [0.25, 0.3) is 6.08 Å². The van der Waals surface area contributed by atoms with Gasteiger partial charge in [0.15, 0.2) is 0 Å². The van der Waals surface area contributed by atoms with Crippen molar-refractivity contribution in [2.45, 2.75) is 18.7 Å². The molecule has 0 unspecified atom stereocenters. The van der Waals surface area contributed by atoms with Gasteiger partial charge in [0.1, 0.15) is 0 Å². The molecule has 0 bridgehead atoms. The third-order valence-electron chi connectivity index (χ3n) is 4.20. The third kappa shape index (κ3) is 7.29. The highest BCUT2D eigenvalue weighted by Crippen LogP contribution is 2.20. The van der Waals surface area contributed by atoms with Gasteiger partial charge in [-0.2, -0.15) is 0 Å². The molecule has 2 N–H and O–H groups in total. The number of anilines is 2. The number of sulfonamides is 1. The largest absolute Gasteiger partial charge is 0.463 e. The SMILES string of the molecule is CCOC(=O)/C(C)=C/c1ccc(Nc2ccc(S(=O)(=O)NCCN(C)C)cc2)cc1. The van der Waals surface area contributed by atoms with Crippen LogP contribution in [0.3, 0.4) is 0 Å². The Morgan fingerprint density at radius 1 is 1.03 bits per heavy atom. The van der Waals surface area contributed by atoms with Crippen LogP contribution in [-0.2, 0) is 19.6 Å². The fourth-order valence-corrected chi connectivity index (χ4v) is 3.61. The Kier molecular flexibility index (Phi) is 8.58. The van der Waals surface area contributed by atoms with Crippen molar-refractivity contribution in [2.24, 2.45) is 0 Å². The second-order valence-corrected chi connectivity index (χ2v) is 8.79. The predicted octanol–water partition coefficient (Wildman–Crippen LogP) is 3.24. The number of ether oxygens (including phenoxy) is 1. The van der Waals surface area contributed by atoms with Gasteiger partial charge in [-0.15, -0.1) is 0 Å². The van der Waals surface area contributed by atoms with Gasteiger partial charge >= 0.3 is 5.97 Å². The predicted molar refractivity (Wildman–Crippen MR) is 120 cm³/mol. The van der Waals surface area contributed by atoms with E-state index in [1.807, 2.05) is 43.3 Å². The maximum Gasteiger partial charge on any atom is 0.333 e. The smallest absolute Gasteiger partial charge is 0.333 e. The number of carbonyl (C=O) groups is 1. The monoisotopic (exact) mass is 431 g/mol. The van der Waals surface area contributed by atoms with Crippen LogP contribution in [0.5, 0.6) is 0 Å². The zero-order chi connectivity index (χ0) is 22.1. The van der Waals surface area contributed by atoms with Crippen LogP contribution in [0.4, 0.5) is 11.4 Å². The summed E-state index contributed by atoms with van der Waals surface area (Å²) in [6, 6.07) is 14.1. The molecule has 0 heterocycles. The van der Waals surface area contributed by atoms with Gasteiger partial charge in [-0.1, -0.05) is 12.1 Å². The van der Waals surface area contributed by atoms with Crippen molar-refractivity contribution >= 4 is 33.4 Å². The Morgan fingerprint density at radius 2 is 1.60 bits per heavy atom. The summed E-state index contributed by atoms with van der Waals surface area (Å²) in [5, 5.41) is 3.23. The number of benzene rings is 2. The highest BCUT2D eigenvalue weighted by Gasteiger charge is 2.13. The average Bonchev–Trinajstić information content (AvgIpc) is 2.69. The lowest BCUT2D eigenvalue weighted by molar-refractivity contribution is -0.138. The molecule has 0 amide bonds. The van der Waals surface area contributed by atoms with Crippen molar-refractivity contribution < 1.29 is 17.9 Å². The summed E-state index contributed by atoms with van der Waals surface area (Å²) in [5.74, 6) is -0.328. The minimum Gasteiger partial charge on any atom is -0.463 e. The van der Waals surface area contributed by atoms with Crippen molar-refractivity contribution in [3.8, 4) is 0 Å². The minimum atomic E-state index is -3.52. The van der Waals surface area contributed by atoms with E-state index in [4.69, 9.17) is 4.74 Å². The molecular formula is C22H29N3O4S. The van der Waals surface area contributed by atoms with Crippen LogP contribution in [0.2, 0.25) is 0 Å². The van der Waals surface area contributed by atoms with E-state index in [0.717, 1.165) is 16.9 Å². The van der Waals surface area contributed by atoms with E-state index in [9.17, 15) is 13.2 Å². The summed E-state index contributed by atoms with van der Waals surface area (Å²) in [6.07, 6.45) is 1.77. The average molecular weight is 432 g/mol. The first-order valence-corrected chi connectivity index (χ1v) is 11.2. The van der Waals surface area contributed by atoms with Crippen molar-refractivity contribution in [2.75, 3.05) is 39.1 Å². The van der Waals surface area contributed by atoms with Gasteiger partial charge in [-0.25, -0.2) is 17.9 Å². The second-order valence-electron chi connectivity index (χ2n) is 7.02. The Morgan fingerprint density at radius 3 is 2.13 bits per heavy atom. The Bertz CT molecular complexity index is 966. The lowest BCUT2D eigenvalue weighted by Crippen LogP contribution is -2.31. The maximum atomic E-state index is 12.3. The van der Waals surface area contributed by atoms with Crippen molar-refractivity contribution in [1.82, 2.24) is 9.62 Å². The molecule has 0 radical (unpaired) electrons. The highest BCUT2D eigenvalue weighted by molar-refractivity contribution is 7.89. The molecule has 8 heteroatoms. The van der Waals surface area contributed by atoms with Gasteiger partial charge in [-0.3, -0.25) is 0 Å². The summed E-state index contributed by atoms with van der Waals surface area (Å²) in [6.45, 7) is 4.82. The first-order chi connectivity index (χ1) is 14.2. The van der Waals surface area contributed by atoms with Crippen molar-refractivity contribution in [3.05, 3.63) is 59.7 Å². The quantitative estimate of drug-likeness (QED) is 0.444. The van der Waals surface area contributed by atoms with Crippen LogP contribution >= 0.6 is 0 Å². The van der Waals surface area contributed by atoms with Gasteiger partial charge in [-0.05, 0) is 76.0 Å². The van der Waals surface area contributed by atoms with Crippen LogP contribution in [-0.4, -0.2) is 53.1 Å². The van der Waals surface area contributed by atoms with Gasteiger partial charge in [0.2, 0.25) is 10.0 Å². The van der Waals surface area contributed by atoms with E-state index in [2.05, 4.69) is 10.0 Å². The summed E-state index contributed by atoms with van der Waals surface area (Å²) in [4.78, 5) is 13.8. The Hall–Kier alpha value is -2.68. The topological polar surface area (TPSA) is 87.7 Å². The molecule has 0 aromatic heterocycles. The maximum absolute atomic E-state index is 12.3. The molecule has 2 aromatic rings. The van der Waals surface area contributed by atoms with E-state index in [1.54, 1.807) is 44.2 Å². The molecule has 0 aliphatic rings. The summed E-state index contributed by atoms with van der Waals surface area (Å²) < 4.78 is 32.2. The third-order valence-corrected chi connectivity index (χ3v) is 5.67. The molecule has 2 aromatic carbocycles. The number of nitrogens with one attached hydrogen (secondary N) is 2. The molecule has 0 fully saturated rings. The summed E-state index contributed by atoms with van der Waals surface area (Å²) >= 11 is 0. The second kappa shape index (κ2) is 10.9. The number of hydrogen-bond acceptors (Lipinski definition) is 6. The molecule has 0 aliphatic heterocycles. The van der Waals surface area contributed by atoms with E-state index in [-0.39, 0.29) is 10.9 Å². The van der Waals surface area contributed by atoms with Gasteiger partial charge in [0.05, 0.1) is 11.5 Å². The Balaban J connectivity index is 2.00. The first-order valence-electron chi connectivity index (χ1n) is 9.68. The van der Waals surface area contributed by atoms with E-state index in [0.29, 0.717) is 25.3 Å². The molecule has 0 atom stereocenters. The molecule has 2 rings (SSSR count). The first kappa shape index (κ1) is 23.6. The van der Waals surface area contributed by atoms with E-state index in [1.165, 1.54) is 0 Å². The molecule has 30 heavy (non-hydrogen) atoms. The minimum absolute atomic E-state index is 0.224. The number of nitrogens with zero attached hydrogens (tertiary/aromatic N) is 1. The van der Waals surface area contributed by atoms with Gasteiger partial charge < -0.3 is 15.0 Å². The van der Waals surface area contributed by atoms with Crippen LogP contribution in [0.15, 0.2) is 59.0 Å². The fraction of sp³-hybridized carbons (Fsp3) is 0.318. The zero-order valence-corrected chi connectivity index (χ0v) is 18.6. The number of rotatable bonds is 10. The van der Waals surface area contributed by atoms with Crippen LogP contribution in [0, 0.1) is 0 Å². The van der Waals surface area contributed by atoms with Crippen molar-refractivity contribution in [3.63, 3.8) is 0 Å². The molecule has 7 nitrogen and oxygen atoms in total. The number of likely N-dealkylation sites (N-methyl/N-ethyl adjacent to an activating group) is 1. The summed E-state index contributed by atoms with van der Waals surface area (Å²) in [7, 11) is 0.253. The lowest BCUT2D eigenvalue weighted by atomic mass is 10.1. The molecule has 0 aliphatic carbocycles. The summed E-state index contributed by atoms with van der Waals surface area (Å²) in [5.41, 5.74) is 3.04. The standard InChI is InChI=1S/C22H29N3O4S/c1-5-29-22(26)17(2)16-18-6-8-19(9-7-18)24-20-10-12-21(13-11-20)30(27,28)23-14-15-25(3)4/h6-13,16,23-24H,5,14-15H2,1-4H3/b17-16+. The molecular weight excluding hydrogens is 402 g/mol. The number of esters is 1. The van der Waals surface area contributed by atoms with Crippen LogP contribution < -0.4 is 10.0 Å². The molecule has 0 saturated carbocycles. The van der Waals surface area contributed by atoms with Gasteiger partial charge in [0, 0.05) is 30.0 Å². The number of carbonyl (C=O) groups excluding carboxylic acids is 1. The zero-order valence-electron chi connectivity index (χ0n) is 17.8. The fourth-order valence-electron chi connectivity index (χ4n) is 2.59. The van der Waals surface area contributed by atoms with E-state index >= 15 is 0 Å². The van der Waals surface area contributed by atoms with Crippen LogP contribution in [0.1, 0.15) is 19.4 Å². The van der Waals surface area contributed by atoms with Crippen molar-refractivity contribution in [1.29, 1.82) is 0 Å². The van der Waals surface area contributed by atoms with E-state index < -0.39 is 10.0 Å². The normalized spacial score (nSPS) is 12.1.